The topological polar surface area (TPSA) is 72.9 Å². The summed E-state index contributed by atoms with van der Waals surface area (Å²) in [6.45, 7) is 0.0199. The van der Waals surface area contributed by atoms with Crippen molar-refractivity contribution in [3.63, 3.8) is 0 Å². The van der Waals surface area contributed by atoms with Gasteiger partial charge in [-0.15, -0.1) is 0 Å². The molecule has 0 unspecified atom stereocenters. The highest BCUT2D eigenvalue weighted by molar-refractivity contribution is 8.13. The molecule has 1 aliphatic rings. The monoisotopic (exact) mass is 509 g/mol. The second kappa shape index (κ2) is 8.85. The molecule has 0 atom stereocenters. The van der Waals surface area contributed by atoms with Crippen molar-refractivity contribution in [2.75, 3.05) is 14.2 Å². The van der Waals surface area contributed by atoms with Gasteiger partial charge in [0.2, 0.25) is 0 Å². The number of hydrogen-bond donors (Lipinski definition) is 0. The summed E-state index contributed by atoms with van der Waals surface area (Å²) in [7, 11) is 4.33. The highest BCUT2D eigenvalue weighted by Crippen LogP contribution is 2.50. The molecule has 1 aliphatic heterocycles. The lowest BCUT2D eigenvalue weighted by Gasteiger charge is -2.19. The van der Waals surface area contributed by atoms with Gasteiger partial charge < -0.3 is 14.4 Å². The summed E-state index contributed by atoms with van der Waals surface area (Å²) >= 11 is 5.87. The summed E-state index contributed by atoms with van der Waals surface area (Å²) in [5.74, 6) is -0.852. The molecule has 0 N–H and O–H groups in total. The Kier molecular flexibility index (Phi) is 6.26. The molecular weight excluding hydrogens is 492 g/mol. The van der Waals surface area contributed by atoms with E-state index in [2.05, 4.69) is 0 Å². The van der Waals surface area contributed by atoms with Crippen molar-refractivity contribution in [1.82, 2.24) is 4.90 Å². The van der Waals surface area contributed by atoms with Crippen molar-refractivity contribution in [3.05, 3.63) is 76.1 Å². The minimum Gasteiger partial charge on any atom is -0.492 e. The van der Waals surface area contributed by atoms with Gasteiger partial charge >= 0.3 is 0 Å². The van der Waals surface area contributed by atoms with E-state index in [0.717, 1.165) is 0 Å². The van der Waals surface area contributed by atoms with Crippen LogP contribution in [-0.4, -0.2) is 33.4 Å². The fraction of sp³-hybridized carbons (Fsp3) is 0.174. The third kappa shape index (κ3) is 4.14. The second-order valence-corrected chi connectivity index (χ2v) is 10.2. The molecule has 0 aliphatic carbocycles. The zero-order valence-corrected chi connectivity index (χ0v) is 19.9. The highest BCUT2D eigenvalue weighted by Gasteiger charge is 2.40. The Morgan fingerprint density at radius 2 is 1.67 bits per heavy atom. The van der Waals surface area contributed by atoms with Crippen LogP contribution in [0.4, 0.5) is 4.39 Å². The Balaban J connectivity index is 1.95. The predicted octanol–water partition coefficient (Wildman–Crippen LogP) is 5.25. The fourth-order valence-corrected chi connectivity index (χ4v) is 5.67. The predicted molar refractivity (Wildman–Crippen MR) is 123 cm³/mol. The number of nitrogens with zero attached hydrogens (tertiary/aromatic N) is 1. The molecule has 33 heavy (non-hydrogen) atoms. The maximum Gasteiger partial charge on any atom is 0.262 e. The van der Waals surface area contributed by atoms with Gasteiger partial charge in [-0.3, -0.25) is 4.79 Å². The number of methoxy groups -OCH3 is 2. The van der Waals surface area contributed by atoms with Gasteiger partial charge in [0, 0.05) is 34.9 Å². The molecular formula is C23H18Cl2FNO5S. The fourth-order valence-electron chi connectivity index (χ4n) is 4.04. The van der Waals surface area contributed by atoms with E-state index >= 15 is 0 Å². The average Bonchev–Trinajstić information content (AvgIpc) is 3.09. The van der Waals surface area contributed by atoms with Gasteiger partial charge in [-0.05, 0) is 23.3 Å². The third-order valence-corrected chi connectivity index (χ3v) is 7.08. The molecule has 10 heteroatoms. The summed E-state index contributed by atoms with van der Waals surface area (Å²) in [5.41, 5.74) is 1.59. The molecule has 172 valence electrons. The van der Waals surface area contributed by atoms with Crippen LogP contribution in [0.25, 0.3) is 11.1 Å². The van der Waals surface area contributed by atoms with Crippen molar-refractivity contribution >= 4 is 37.2 Å². The third-order valence-electron chi connectivity index (χ3n) is 5.39. The van der Waals surface area contributed by atoms with Gasteiger partial charge in [0.05, 0.1) is 29.7 Å². The van der Waals surface area contributed by atoms with Crippen LogP contribution in [0, 0.1) is 5.82 Å². The molecule has 0 fully saturated rings. The van der Waals surface area contributed by atoms with Crippen molar-refractivity contribution in [2.45, 2.75) is 18.0 Å². The first-order valence-corrected chi connectivity index (χ1v) is 12.4. The zero-order valence-electron chi connectivity index (χ0n) is 17.6. The lowest BCUT2D eigenvalue weighted by atomic mass is 9.97. The molecule has 0 saturated heterocycles. The minimum absolute atomic E-state index is 0.0510. The molecule has 1 amide bonds. The molecule has 0 spiro atoms. The molecule has 4 rings (SSSR count). The average molecular weight is 510 g/mol. The Bertz CT molecular complexity index is 1360. The number of halogens is 3. The molecule has 1 heterocycles. The van der Waals surface area contributed by atoms with Gasteiger partial charge in [-0.1, -0.05) is 48.0 Å². The minimum atomic E-state index is -4.31. The molecule has 3 aromatic rings. The van der Waals surface area contributed by atoms with Crippen molar-refractivity contribution in [3.8, 4) is 22.6 Å². The van der Waals surface area contributed by atoms with Gasteiger partial charge in [-0.2, -0.15) is 0 Å². The van der Waals surface area contributed by atoms with Gasteiger partial charge in [0.25, 0.3) is 15.0 Å². The van der Waals surface area contributed by atoms with E-state index in [4.69, 9.17) is 31.8 Å². The van der Waals surface area contributed by atoms with Crippen LogP contribution in [0.3, 0.4) is 0 Å². The van der Waals surface area contributed by atoms with E-state index in [1.54, 1.807) is 30.3 Å². The number of benzene rings is 3. The Labute approximate surface area is 199 Å². The number of rotatable bonds is 6. The van der Waals surface area contributed by atoms with Gasteiger partial charge in [0.15, 0.2) is 11.5 Å². The SMILES string of the molecule is COc1c(OC)c(-c2ccccc2)c(S(=O)(=O)Cl)c2c1C(=O)N(Cc1ccc(F)c(Cl)c1)C2. The summed E-state index contributed by atoms with van der Waals surface area (Å²) in [6, 6.07) is 12.8. The summed E-state index contributed by atoms with van der Waals surface area (Å²) in [5, 5.41) is -0.0775. The van der Waals surface area contributed by atoms with E-state index in [1.807, 2.05) is 0 Å². The summed E-state index contributed by atoms with van der Waals surface area (Å²) < 4.78 is 50.2. The van der Waals surface area contributed by atoms with Crippen LogP contribution in [0.1, 0.15) is 21.5 Å². The molecule has 0 bridgehead atoms. The zero-order chi connectivity index (χ0) is 23.9. The number of fused-ring (bicyclic) bond motifs is 1. The number of ether oxygens (including phenoxy) is 2. The lowest BCUT2D eigenvalue weighted by Crippen LogP contribution is -2.23. The number of carbonyl (C=O) groups excluding carboxylic acids is 1. The number of hydrogen-bond acceptors (Lipinski definition) is 5. The smallest absolute Gasteiger partial charge is 0.262 e. The normalized spacial score (nSPS) is 13.2. The quantitative estimate of drug-likeness (QED) is 0.424. The Morgan fingerprint density at radius 3 is 2.24 bits per heavy atom. The van der Waals surface area contributed by atoms with E-state index in [1.165, 1.54) is 37.3 Å². The molecule has 6 nitrogen and oxygen atoms in total. The number of carbonyl (C=O) groups is 1. The summed E-state index contributed by atoms with van der Waals surface area (Å²) in [4.78, 5) is 14.6. The van der Waals surface area contributed by atoms with Crippen molar-refractivity contribution < 1.29 is 27.1 Å². The van der Waals surface area contributed by atoms with Gasteiger partial charge in [0.1, 0.15) is 5.82 Å². The summed E-state index contributed by atoms with van der Waals surface area (Å²) in [6.07, 6.45) is 0. The standard InChI is InChI=1S/C23H18Cl2FNO5S/c1-31-20-18(14-6-4-3-5-7-14)22(33(25,29)30)15-12-27(23(28)19(15)21(20)32-2)11-13-8-9-17(26)16(24)10-13/h3-10H,11-12H2,1-2H3. The largest absolute Gasteiger partial charge is 0.492 e. The first kappa shape index (κ1) is 23.4. The molecule has 0 saturated carbocycles. The lowest BCUT2D eigenvalue weighted by molar-refractivity contribution is 0.0763. The van der Waals surface area contributed by atoms with Crippen LogP contribution in [0.5, 0.6) is 11.5 Å². The van der Waals surface area contributed by atoms with Crippen molar-refractivity contribution in [2.24, 2.45) is 0 Å². The van der Waals surface area contributed by atoms with Crippen LogP contribution >= 0.6 is 22.3 Å². The van der Waals surface area contributed by atoms with Crippen molar-refractivity contribution in [1.29, 1.82) is 0 Å². The molecule has 3 aromatic carbocycles. The van der Waals surface area contributed by atoms with Crippen LogP contribution in [0.2, 0.25) is 5.02 Å². The Morgan fingerprint density at radius 1 is 1.03 bits per heavy atom. The molecule has 0 radical (unpaired) electrons. The van der Waals surface area contributed by atoms with E-state index in [-0.39, 0.29) is 51.2 Å². The van der Waals surface area contributed by atoms with Crippen LogP contribution in [-0.2, 0) is 22.1 Å². The highest BCUT2D eigenvalue weighted by atomic mass is 35.7. The number of amides is 1. The first-order chi connectivity index (χ1) is 15.7. The maximum absolute atomic E-state index is 13.6. The van der Waals surface area contributed by atoms with E-state index < -0.39 is 20.8 Å². The van der Waals surface area contributed by atoms with Gasteiger partial charge in [-0.25, -0.2) is 12.8 Å². The van der Waals surface area contributed by atoms with E-state index in [0.29, 0.717) is 11.1 Å². The van der Waals surface area contributed by atoms with Crippen LogP contribution in [0.15, 0.2) is 53.4 Å². The first-order valence-electron chi connectivity index (χ1n) is 9.71. The maximum atomic E-state index is 13.6. The Hall–Kier alpha value is -2.81. The van der Waals surface area contributed by atoms with E-state index in [9.17, 15) is 17.6 Å². The second-order valence-electron chi connectivity index (χ2n) is 7.34. The van der Waals surface area contributed by atoms with Crippen LogP contribution < -0.4 is 9.47 Å². The molecule has 0 aromatic heterocycles.